The molecule has 7 heteroatoms. The fourth-order valence-corrected chi connectivity index (χ4v) is 4.69. The number of quaternary nitrogens is 1. The normalized spacial score (nSPS) is 26.4. The van der Waals surface area contributed by atoms with Crippen LogP contribution in [0.5, 0.6) is 0 Å². The summed E-state index contributed by atoms with van der Waals surface area (Å²) in [4.78, 5) is 25.0. The monoisotopic (exact) mass is 469 g/mol. The molecule has 162 valence electrons. The standard InChI is InChI=1S/C22H32NO5.BrH/c1-3-27-20(24)16-23(2)14-13-19(15-23)28-21(25)22(26,18-11-7-8-12-18)17-9-5-4-6-10-17;/h4-6,9-10,18-19,26H,3,7-8,11-16H2,1-2H3;1H/q+1;/p-1/t19?,22-,23?;/m0./s1. The van der Waals surface area contributed by atoms with Gasteiger partial charge in [0.1, 0.15) is 6.54 Å². The van der Waals surface area contributed by atoms with E-state index < -0.39 is 11.6 Å². The summed E-state index contributed by atoms with van der Waals surface area (Å²) in [5.74, 6) is -0.909. The molecular weight excluding hydrogens is 438 g/mol. The lowest BCUT2D eigenvalue weighted by Gasteiger charge is -2.33. The topological polar surface area (TPSA) is 72.8 Å². The Hall–Kier alpha value is -1.44. The second-order valence-electron chi connectivity index (χ2n) is 8.42. The number of esters is 2. The van der Waals surface area contributed by atoms with Crippen molar-refractivity contribution < 1.29 is 45.6 Å². The molecule has 29 heavy (non-hydrogen) atoms. The predicted octanol–water partition coefficient (Wildman–Crippen LogP) is -0.606. The number of halogens is 1. The summed E-state index contributed by atoms with van der Waals surface area (Å²) in [6.07, 6.45) is 4.06. The van der Waals surface area contributed by atoms with Crippen LogP contribution >= 0.6 is 0 Å². The van der Waals surface area contributed by atoms with Gasteiger partial charge in [-0.25, -0.2) is 9.59 Å². The Morgan fingerprint density at radius 2 is 1.83 bits per heavy atom. The summed E-state index contributed by atoms with van der Waals surface area (Å²) < 4.78 is 11.4. The average Bonchev–Trinajstić information content (AvgIpc) is 3.32. The summed E-state index contributed by atoms with van der Waals surface area (Å²) in [7, 11) is 1.98. The van der Waals surface area contributed by atoms with Gasteiger partial charge in [0.05, 0.1) is 20.2 Å². The van der Waals surface area contributed by atoms with E-state index in [0.29, 0.717) is 29.6 Å². The first-order chi connectivity index (χ1) is 13.4. The van der Waals surface area contributed by atoms with E-state index in [2.05, 4.69) is 0 Å². The molecule has 1 aromatic carbocycles. The first-order valence-corrected chi connectivity index (χ1v) is 10.4. The lowest BCUT2D eigenvalue weighted by Crippen LogP contribution is -3.00. The van der Waals surface area contributed by atoms with Crippen LogP contribution in [0.1, 0.15) is 44.6 Å². The van der Waals surface area contributed by atoms with Crippen molar-refractivity contribution in [1.82, 2.24) is 0 Å². The van der Waals surface area contributed by atoms with Crippen LogP contribution in [0.2, 0.25) is 0 Å². The minimum absolute atomic E-state index is 0. The van der Waals surface area contributed by atoms with E-state index in [4.69, 9.17) is 9.47 Å². The molecule has 0 aromatic heterocycles. The maximum atomic E-state index is 13.2. The highest BCUT2D eigenvalue weighted by Crippen LogP contribution is 2.42. The van der Waals surface area contributed by atoms with E-state index >= 15 is 0 Å². The van der Waals surface area contributed by atoms with Gasteiger partial charge in [-0.05, 0) is 25.3 Å². The minimum Gasteiger partial charge on any atom is -1.00 e. The molecule has 0 spiro atoms. The molecular formula is C22H32BrNO5. The third kappa shape index (κ3) is 5.38. The van der Waals surface area contributed by atoms with Gasteiger partial charge < -0.3 is 36.0 Å². The zero-order valence-electron chi connectivity index (χ0n) is 17.3. The highest BCUT2D eigenvalue weighted by molar-refractivity contribution is 5.81. The second-order valence-corrected chi connectivity index (χ2v) is 8.42. The van der Waals surface area contributed by atoms with Crippen LogP contribution < -0.4 is 17.0 Å². The Bertz CT molecular complexity index is 694. The highest BCUT2D eigenvalue weighted by atomic mass is 79.9. The van der Waals surface area contributed by atoms with Crippen molar-refractivity contribution in [3.8, 4) is 0 Å². The molecule has 1 aliphatic heterocycles. The molecule has 1 saturated heterocycles. The number of hydrogen-bond acceptors (Lipinski definition) is 5. The zero-order valence-corrected chi connectivity index (χ0v) is 18.9. The summed E-state index contributed by atoms with van der Waals surface area (Å²) in [6, 6.07) is 9.15. The third-order valence-corrected chi connectivity index (χ3v) is 6.20. The van der Waals surface area contributed by atoms with E-state index in [1.54, 1.807) is 19.1 Å². The van der Waals surface area contributed by atoms with Gasteiger partial charge in [-0.1, -0.05) is 43.2 Å². The van der Waals surface area contributed by atoms with Gasteiger partial charge in [-0.3, -0.25) is 0 Å². The lowest BCUT2D eigenvalue weighted by molar-refractivity contribution is -0.891. The number of carbonyl (C=O) groups excluding carboxylic acids is 2. The number of nitrogens with zero attached hydrogens (tertiary/aromatic N) is 1. The number of rotatable bonds is 7. The molecule has 2 fully saturated rings. The van der Waals surface area contributed by atoms with E-state index in [-0.39, 0.29) is 41.5 Å². The van der Waals surface area contributed by atoms with Crippen molar-refractivity contribution in [3.63, 3.8) is 0 Å². The summed E-state index contributed by atoms with van der Waals surface area (Å²) in [5, 5.41) is 11.5. The third-order valence-electron chi connectivity index (χ3n) is 6.20. The fourth-order valence-electron chi connectivity index (χ4n) is 4.69. The van der Waals surface area contributed by atoms with Crippen molar-refractivity contribution in [1.29, 1.82) is 0 Å². The van der Waals surface area contributed by atoms with Crippen LogP contribution in [0.3, 0.4) is 0 Å². The highest BCUT2D eigenvalue weighted by Gasteiger charge is 2.50. The zero-order chi connectivity index (χ0) is 20.2. The van der Waals surface area contributed by atoms with Gasteiger partial charge in [-0.2, -0.15) is 0 Å². The smallest absolute Gasteiger partial charge is 0.361 e. The Kier molecular flexibility index (Phi) is 8.26. The van der Waals surface area contributed by atoms with Crippen molar-refractivity contribution in [2.45, 2.75) is 50.7 Å². The van der Waals surface area contributed by atoms with E-state index in [9.17, 15) is 14.7 Å². The molecule has 6 nitrogen and oxygen atoms in total. The molecule has 2 unspecified atom stereocenters. The molecule has 1 saturated carbocycles. The Morgan fingerprint density at radius 1 is 1.17 bits per heavy atom. The second kappa shape index (κ2) is 10.0. The molecule has 1 aromatic rings. The number of likely N-dealkylation sites (tertiary alicyclic amines) is 1. The largest absolute Gasteiger partial charge is 1.00 e. The van der Waals surface area contributed by atoms with E-state index in [0.717, 1.165) is 32.2 Å². The SMILES string of the molecule is CCOC(=O)C[N+]1(C)CCC(OC(=O)[C@](O)(c2ccccc2)C2CCCC2)C1.[Br-]. The van der Waals surface area contributed by atoms with Gasteiger partial charge in [0, 0.05) is 12.3 Å². The van der Waals surface area contributed by atoms with Gasteiger partial charge >= 0.3 is 11.9 Å². The number of hydrogen-bond donors (Lipinski definition) is 1. The molecule has 1 N–H and O–H groups in total. The molecule has 0 radical (unpaired) electrons. The maximum absolute atomic E-state index is 13.2. The van der Waals surface area contributed by atoms with E-state index in [1.807, 2.05) is 25.2 Å². The first kappa shape index (κ1) is 23.8. The Morgan fingerprint density at radius 3 is 2.45 bits per heavy atom. The van der Waals surface area contributed by atoms with Crippen molar-refractivity contribution in [2.24, 2.45) is 5.92 Å². The van der Waals surface area contributed by atoms with Gasteiger partial charge in [0.2, 0.25) is 0 Å². The lowest BCUT2D eigenvalue weighted by atomic mass is 9.80. The van der Waals surface area contributed by atoms with Crippen molar-refractivity contribution in [3.05, 3.63) is 35.9 Å². The molecule has 1 heterocycles. The summed E-state index contributed by atoms with van der Waals surface area (Å²) in [6.45, 7) is 3.72. The minimum atomic E-state index is -1.61. The van der Waals surface area contributed by atoms with Gasteiger partial charge in [-0.15, -0.1) is 0 Å². The molecule has 1 aliphatic carbocycles. The fraction of sp³-hybridized carbons (Fsp3) is 0.636. The van der Waals surface area contributed by atoms with Gasteiger partial charge in [0.15, 0.2) is 18.2 Å². The number of carbonyl (C=O) groups is 2. The molecule has 3 rings (SSSR count). The molecule has 0 bridgehead atoms. The number of likely N-dealkylation sites (N-methyl/N-ethyl adjacent to an activating group) is 1. The predicted molar refractivity (Wildman–Crippen MR) is 104 cm³/mol. The Balaban J connectivity index is 0.00000300. The van der Waals surface area contributed by atoms with Gasteiger partial charge in [0.25, 0.3) is 0 Å². The summed E-state index contributed by atoms with van der Waals surface area (Å²) in [5.41, 5.74) is -1.00. The van der Waals surface area contributed by atoms with Crippen molar-refractivity contribution >= 4 is 11.9 Å². The first-order valence-electron chi connectivity index (χ1n) is 10.4. The van der Waals surface area contributed by atoms with Crippen LogP contribution in [0, 0.1) is 5.92 Å². The van der Waals surface area contributed by atoms with Crippen LogP contribution in [0.25, 0.3) is 0 Å². The number of ether oxygens (including phenoxy) is 2. The number of benzene rings is 1. The molecule has 3 atom stereocenters. The van der Waals surface area contributed by atoms with Crippen LogP contribution in [-0.2, 0) is 24.7 Å². The van der Waals surface area contributed by atoms with Crippen LogP contribution in [0.15, 0.2) is 30.3 Å². The average molecular weight is 470 g/mol. The quantitative estimate of drug-likeness (QED) is 0.426. The Labute approximate surface area is 183 Å². The van der Waals surface area contributed by atoms with Crippen LogP contribution in [-0.4, -0.2) is 60.9 Å². The molecule has 0 amide bonds. The maximum Gasteiger partial charge on any atom is 0.361 e. The molecule has 2 aliphatic rings. The summed E-state index contributed by atoms with van der Waals surface area (Å²) >= 11 is 0. The van der Waals surface area contributed by atoms with Crippen LogP contribution in [0.4, 0.5) is 0 Å². The number of aliphatic hydroxyl groups is 1. The van der Waals surface area contributed by atoms with E-state index in [1.165, 1.54) is 0 Å². The van der Waals surface area contributed by atoms with Crippen molar-refractivity contribution in [2.75, 3.05) is 33.3 Å².